The largest absolute Gasteiger partial charge is 0.494 e. The summed E-state index contributed by atoms with van der Waals surface area (Å²) < 4.78 is 6.61. The van der Waals surface area contributed by atoms with E-state index in [1.165, 1.54) is 18.2 Å². The number of halogens is 1. The molecule has 0 atom stereocenters. The average molecular weight is 447 g/mol. The number of benzene rings is 2. The second-order valence-electron chi connectivity index (χ2n) is 6.76. The number of rotatable bonds is 5. The Bertz CT molecular complexity index is 1110. The minimum absolute atomic E-state index is 0.151. The van der Waals surface area contributed by atoms with Crippen molar-refractivity contribution in [1.82, 2.24) is 9.88 Å². The zero-order valence-corrected chi connectivity index (χ0v) is 17.8. The fraction of sp³-hybridized carbons (Fsp3) is 0.300. The van der Waals surface area contributed by atoms with Crippen LogP contribution in [0.2, 0.25) is 5.02 Å². The maximum atomic E-state index is 12.9. The summed E-state index contributed by atoms with van der Waals surface area (Å²) >= 11 is 7.71. The summed E-state index contributed by atoms with van der Waals surface area (Å²) in [6.45, 7) is 4.77. The van der Waals surface area contributed by atoms with Crippen molar-refractivity contribution in [2.45, 2.75) is 6.92 Å². The van der Waals surface area contributed by atoms with Gasteiger partial charge in [0.05, 0.1) is 32.3 Å². The maximum absolute atomic E-state index is 12.9. The normalized spacial score (nSPS) is 14.2. The number of non-ortho nitro benzene ring substituents is 1. The molecular weight excluding hydrogens is 428 g/mol. The van der Waals surface area contributed by atoms with E-state index in [0.29, 0.717) is 32.8 Å². The van der Waals surface area contributed by atoms with Crippen molar-refractivity contribution in [3.63, 3.8) is 0 Å². The van der Waals surface area contributed by atoms with Gasteiger partial charge in [0, 0.05) is 38.3 Å². The van der Waals surface area contributed by atoms with Gasteiger partial charge in [0.15, 0.2) is 5.13 Å². The van der Waals surface area contributed by atoms with Crippen LogP contribution >= 0.6 is 22.9 Å². The quantitative estimate of drug-likeness (QED) is 0.430. The first-order chi connectivity index (χ1) is 14.5. The third-order valence-corrected chi connectivity index (χ3v) is 6.30. The summed E-state index contributed by atoms with van der Waals surface area (Å²) in [5, 5.41) is 12.1. The molecule has 1 aliphatic rings. The van der Waals surface area contributed by atoms with Gasteiger partial charge in [0.25, 0.3) is 11.6 Å². The van der Waals surface area contributed by atoms with E-state index < -0.39 is 4.92 Å². The molecule has 1 fully saturated rings. The topological polar surface area (TPSA) is 88.8 Å². The average Bonchev–Trinajstić information content (AvgIpc) is 3.17. The van der Waals surface area contributed by atoms with Crippen LogP contribution in [0.3, 0.4) is 0 Å². The van der Waals surface area contributed by atoms with Crippen molar-refractivity contribution in [1.29, 1.82) is 0 Å². The highest BCUT2D eigenvalue weighted by Gasteiger charge is 2.26. The molecule has 30 heavy (non-hydrogen) atoms. The molecule has 0 unspecified atom stereocenters. The third kappa shape index (κ3) is 4.03. The van der Waals surface area contributed by atoms with Gasteiger partial charge >= 0.3 is 0 Å². The Morgan fingerprint density at radius 2 is 2.00 bits per heavy atom. The van der Waals surface area contributed by atoms with Gasteiger partial charge in [-0.3, -0.25) is 14.9 Å². The fourth-order valence-corrected chi connectivity index (χ4v) is 4.59. The zero-order valence-electron chi connectivity index (χ0n) is 16.2. The van der Waals surface area contributed by atoms with Crippen molar-refractivity contribution >= 4 is 49.9 Å². The van der Waals surface area contributed by atoms with Crippen molar-refractivity contribution in [3.8, 4) is 5.75 Å². The van der Waals surface area contributed by atoms with Crippen molar-refractivity contribution in [2.75, 3.05) is 37.7 Å². The molecular formula is C20H19ClN4O4S. The number of anilines is 1. The highest BCUT2D eigenvalue weighted by atomic mass is 35.5. The van der Waals surface area contributed by atoms with Crippen LogP contribution < -0.4 is 9.64 Å². The van der Waals surface area contributed by atoms with Gasteiger partial charge < -0.3 is 14.5 Å². The number of thiazole rings is 1. The van der Waals surface area contributed by atoms with Crippen LogP contribution in [0.4, 0.5) is 10.8 Å². The molecule has 0 bridgehead atoms. The molecule has 2 heterocycles. The van der Waals surface area contributed by atoms with E-state index in [1.54, 1.807) is 16.2 Å². The fourth-order valence-electron chi connectivity index (χ4n) is 3.35. The van der Waals surface area contributed by atoms with Crippen LogP contribution in [0.25, 0.3) is 10.2 Å². The van der Waals surface area contributed by atoms with E-state index in [4.69, 9.17) is 21.3 Å². The number of hydrogen-bond acceptors (Lipinski definition) is 7. The summed E-state index contributed by atoms with van der Waals surface area (Å²) in [5.41, 5.74) is 0.922. The van der Waals surface area contributed by atoms with E-state index in [0.717, 1.165) is 21.1 Å². The van der Waals surface area contributed by atoms with E-state index in [-0.39, 0.29) is 22.2 Å². The van der Waals surface area contributed by atoms with Crippen LogP contribution in [0, 0.1) is 10.1 Å². The number of ether oxygens (including phenoxy) is 1. The van der Waals surface area contributed by atoms with E-state index >= 15 is 0 Å². The van der Waals surface area contributed by atoms with Crippen LogP contribution in [0.1, 0.15) is 17.3 Å². The van der Waals surface area contributed by atoms with E-state index in [2.05, 4.69) is 4.90 Å². The Kier molecular flexibility index (Phi) is 5.74. The van der Waals surface area contributed by atoms with Crippen molar-refractivity contribution in [3.05, 3.63) is 57.1 Å². The first-order valence-corrected chi connectivity index (χ1v) is 10.7. The Labute approximate surface area is 181 Å². The number of nitro groups is 1. The first-order valence-electron chi connectivity index (χ1n) is 9.48. The standard InChI is InChI=1S/C20H19ClN4O4S/c1-2-29-14-4-6-17-18(12-14)30-20(22-17)24-9-7-23(8-10-24)19(26)15-11-13(25(27)28)3-5-16(15)21/h3-6,11-12H,2,7-10H2,1H3. The SMILES string of the molecule is CCOc1ccc2nc(N3CCN(C(=O)c4cc([N+](=O)[O-])ccc4Cl)CC3)sc2c1. The summed E-state index contributed by atoms with van der Waals surface area (Å²) in [6.07, 6.45) is 0. The molecule has 1 aliphatic heterocycles. The Morgan fingerprint density at radius 1 is 1.23 bits per heavy atom. The van der Waals surface area contributed by atoms with Crippen LogP contribution in [0.5, 0.6) is 5.75 Å². The molecule has 0 radical (unpaired) electrons. The predicted molar refractivity (Wildman–Crippen MR) is 117 cm³/mol. The number of fused-ring (bicyclic) bond motifs is 1. The molecule has 2 aromatic carbocycles. The molecule has 0 spiro atoms. The second kappa shape index (κ2) is 8.45. The van der Waals surface area contributed by atoms with E-state index in [9.17, 15) is 14.9 Å². The number of piperazine rings is 1. The monoisotopic (exact) mass is 446 g/mol. The van der Waals surface area contributed by atoms with Crippen molar-refractivity contribution in [2.24, 2.45) is 0 Å². The van der Waals surface area contributed by atoms with Gasteiger partial charge in [-0.15, -0.1) is 0 Å². The van der Waals surface area contributed by atoms with Gasteiger partial charge in [0.1, 0.15) is 5.75 Å². The number of hydrogen-bond donors (Lipinski definition) is 0. The van der Waals surface area contributed by atoms with Crippen molar-refractivity contribution < 1.29 is 14.5 Å². The molecule has 156 valence electrons. The predicted octanol–water partition coefficient (Wildman–Crippen LogP) is 4.22. The molecule has 8 nitrogen and oxygen atoms in total. The molecule has 0 N–H and O–H groups in total. The molecule has 1 saturated heterocycles. The number of aromatic nitrogens is 1. The Morgan fingerprint density at radius 3 is 2.70 bits per heavy atom. The van der Waals surface area contributed by atoms with Gasteiger partial charge in [-0.1, -0.05) is 22.9 Å². The van der Waals surface area contributed by atoms with Crippen LogP contribution in [-0.4, -0.2) is 53.5 Å². The Hall–Kier alpha value is -2.91. The molecule has 10 heteroatoms. The molecule has 0 saturated carbocycles. The van der Waals surface area contributed by atoms with E-state index in [1.807, 2.05) is 25.1 Å². The lowest BCUT2D eigenvalue weighted by molar-refractivity contribution is -0.384. The van der Waals surface area contributed by atoms with Gasteiger partial charge in [-0.2, -0.15) is 0 Å². The molecule has 1 aromatic heterocycles. The summed E-state index contributed by atoms with van der Waals surface area (Å²) in [7, 11) is 0. The van der Waals surface area contributed by atoms with Gasteiger partial charge in [0.2, 0.25) is 0 Å². The number of carbonyl (C=O) groups excluding carboxylic acids is 1. The maximum Gasteiger partial charge on any atom is 0.270 e. The van der Waals surface area contributed by atoms with Crippen LogP contribution in [-0.2, 0) is 0 Å². The second-order valence-corrected chi connectivity index (χ2v) is 8.18. The lowest BCUT2D eigenvalue weighted by atomic mass is 10.1. The third-order valence-electron chi connectivity index (χ3n) is 4.89. The van der Waals surface area contributed by atoms with Gasteiger partial charge in [-0.05, 0) is 31.2 Å². The summed E-state index contributed by atoms with van der Waals surface area (Å²) in [5.74, 6) is 0.526. The molecule has 0 aliphatic carbocycles. The zero-order chi connectivity index (χ0) is 21.3. The molecule has 1 amide bonds. The number of carbonyl (C=O) groups is 1. The summed E-state index contributed by atoms with van der Waals surface area (Å²) in [4.78, 5) is 31.8. The number of nitrogens with zero attached hydrogens (tertiary/aromatic N) is 4. The smallest absolute Gasteiger partial charge is 0.270 e. The minimum Gasteiger partial charge on any atom is -0.494 e. The highest BCUT2D eigenvalue weighted by molar-refractivity contribution is 7.22. The summed E-state index contributed by atoms with van der Waals surface area (Å²) in [6, 6.07) is 9.77. The lowest BCUT2D eigenvalue weighted by Gasteiger charge is -2.34. The first kappa shape index (κ1) is 20.4. The van der Waals surface area contributed by atoms with Crippen LogP contribution in [0.15, 0.2) is 36.4 Å². The lowest BCUT2D eigenvalue weighted by Crippen LogP contribution is -2.48. The Balaban J connectivity index is 1.46. The highest BCUT2D eigenvalue weighted by Crippen LogP contribution is 2.32. The van der Waals surface area contributed by atoms with Gasteiger partial charge in [-0.25, -0.2) is 4.98 Å². The molecule has 3 aromatic rings. The minimum atomic E-state index is -0.533. The molecule has 4 rings (SSSR count). The number of nitro benzene ring substituents is 1. The number of amides is 1.